The zero-order valence-corrected chi connectivity index (χ0v) is 12.8. The predicted molar refractivity (Wildman–Crippen MR) is 84.1 cm³/mol. The molecule has 0 aliphatic rings. The van der Waals surface area contributed by atoms with Crippen molar-refractivity contribution in [3.63, 3.8) is 0 Å². The van der Waals surface area contributed by atoms with Crippen molar-refractivity contribution in [2.45, 2.75) is 6.10 Å². The molecule has 0 heterocycles. The first kappa shape index (κ1) is 16.6. The molecule has 0 bridgehead atoms. The van der Waals surface area contributed by atoms with Gasteiger partial charge < -0.3 is 19.9 Å². The number of aliphatic hydroxyl groups is 1. The van der Waals surface area contributed by atoms with E-state index in [4.69, 9.17) is 14.7 Å². The number of hydrogen-bond acceptors (Lipinski definition) is 5. The molecular weight excluding hydrogens is 299 g/mol. The third kappa shape index (κ3) is 4.11. The van der Waals surface area contributed by atoms with E-state index in [1.807, 2.05) is 6.07 Å². The number of ether oxygens (including phenoxy) is 2. The fraction of sp³-hybridized carbons (Fsp3) is 0.235. The summed E-state index contributed by atoms with van der Waals surface area (Å²) in [5, 5.41) is 22.3. The van der Waals surface area contributed by atoms with Crippen LogP contribution in [0.4, 0.5) is 10.1 Å². The molecule has 0 spiro atoms. The third-order valence-corrected chi connectivity index (χ3v) is 3.35. The highest BCUT2D eigenvalue weighted by molar-refractivity contribution is 5.57. The van der Waals surface area contributed by atoms with Crippen LogP contribution in [0.15, 0.2) is 36.4 Å². The lowest BCUT2D eigenvalue weighted by Gasteiger charge is -2.16. The maximum atomic E-state index is 13.1. The zero-order chi connectivity index (χ0) is 16.8. The van der Waals surface area contributed by atoms with Crippen molar-refractivity contribution in [1.29, 1.82) is 5.26 Å². The highest BCUT2D eigenvalue weighted by atomic mass is 19.1. The molecule has 0 radical (unpaired) electrons. The molecule has 2 aromatic rings. The van der Waals surface area contributed by atoms with Gasteiger partial charge in [0.05, 0.1) is 31.6 Å². The summed E-state index contributed by atoms with van der Waals surface area (Å²) < 4.78 is 23.4. The number of methoxy groups -OCH3 is 2. The van der Waals surface area contributed by atoms with Gasteiger partial charge in [0.1, 0.15) is 23.4 Å². The van der Waals surface area contributed by atoms with Gasteiger partial charge in [-0.25, -0.2) is 4.39 Å². The number of nitriles is 1. The largest absolute Gasteiger partial charge is 0.497 e. The maximum Gasteiger partial charge on any atom is 0.124 e. The molecule has 2 rings (SSSR count). The summed E-state index contributed by atoms with van der Waals surface area (Å²) in [5.74, 6) is 0.654. The second kappa shape index (κ2) is 7.47. The van der Waals surface area contributed by atoms with Crippen molar-refractivity contribution in [2.75, 3.05) is 26.1 Å². The molecule has 0 aromatic heterocycles. The molecule has 0 amide bonds. The molecule has 0 saturated carbocycles. The molecule has 0 unspecified atom stereocenters. The van der Waals surface area contributed by atoms with Crippen LogP contribution in [-0.4, -0.2) is 25.9 Å². The van der Waals surface area contributed by atoms with E-state index in [2.05, 4.69) is 5.32 Å². The highest BCUT2D eigenvalue weighted by Gasteiger charge is 2.12. The van der Waals surface area contributed by atoms with Crippen LogP contribution < -0.4 is 14.8 Å². The van der Waals surface area contributed by atoms with Gasteiger partial charge in [0, 0.05) is 12.6 Å². The van der Waals surface area contributed by atoms with E-state index in [-0.39, 0.29) is 12.1 Å². The summed E-state index contributed by atoms with van der Waals surface area (Å²) >= 11 is 0. The molecule has 6 heteroatoms. The highest BCUT2D eigenvalue weighted by Crippen LogP contribution is 2.27. The summed E-state index contributed by atoms with van der Waals surface area (Å²) in [5.41, 5.74) is 1.25. The second-order valence-corrected chi connectivity index (χ2v) is 4.84. The van der Waals surface area contributed by atoms with Crippen LogP contribution in [0.5, 0.6) is 11.5 Å². The number of anilines is 1. The Morgan fingerprint density at radius 2 is 1.83 bits per heavy atom. The average molecular weight is 316 g/mol. The molecule has 5 nitrogen and oxygen atoms in total. The van der Waals surface area contributed by atoms with Gasteiger partial charge in [0.2, 0.25) is 0 Å². The molecule has 120 valence electrons. The summed E-state index contributed by atoms with van der Waals surface area (Å²) in [6.07, 6.45) is -0.851. The normalized spacial score (nSPS) is 11.4. The Morgan fingerprint density at radius 3 is 2.39 bits per heavy atom. The minimum absolute atomic E-state index is 0.149. The van der Waals surface area contributed by atoms with Gasteiger partial charge in [-0.1, -0.05) is 0 Å². The van der Waals surface area contributed by atoms with E-state index >= 15 is 0 Å². The quantitative estimate of drug-likeness (QED) is 0.857. The summed E-state index contributed by atoms with van der Waals surface area (Å²) in [6.45, 7) is 0.149. The first-order valence-corrected chi connectivity index (χ1v) is 6.92. The van der Waals surface area contributed by atoms with Crippen LogP contribution in [-0.2, 0) is 0 Å². The average Bonchev–Trinajstić information content (AvgIpc) is 2.59. The molecule has 0 aliphatic heterocycles. The molecular formula is C17H17FN2O3. The molecule has 0 saturated heterocycles. The van der Waals surface area contributed by atoms with Gasteiger partial charge in [-0.3, -0.25) is 0 Å². The molecule has 2 N–H and O–H groups in total. The minimum Gasteiger partial charge on any atom is -0.497 e. The van der Waals surface area contributed by atoms with Crippen molar-refractivity contribution in [2.24, 2.45) is 0 Å². The molecule has 23 heavy (non-hydrogen) atoms. The monoisotopic (exact) mass is 316 g/mol. The number of benzene rings is 2. The van der Waals surface area contributed by atoms with E-state index in [9.17, 15) is 9.50 Å². The van der Waals surface area contributed by atoms with Crippen molar-refractivity contribution >= 4 is 5.69 Å². The van der Waals surface area contributed by atoms with Crippen LogP contribution in [0.3, 0.4) is 0 Å². The van der Waals surface area contributed by atoms with E-state index < -0.39 is 11.9 Å². The van der Waals surface area contributed by atoms with E-state index in [0.717, 1.165) is 6.07 Å². The standard InChI is InChI=1S/C17H17FN2O3/c1-22-14-6-11(7-15(8-14)23-2)17(21)10-20-16-4-3-13(18)5-12(16)9-19/h3-8,17,20-21H,10H2,1-2H3/t17-/m1/s1. The van der Waals surface area contributed by atoms with Crippen molar-refractivity contribution < 1.29 is 19.0 Å². The second-order valence-electron chi connectivity index (χ2n) is 4.84. The van der Waals surface area contributed by atoms with Crippen molar-refractivity contribution in [1.82, 2.24) is 0 Å². The van der Waals surface area contributed by atoms with Gasteiger partial charge in [-0.2, -0.15) is 5.26 Å². The van der Waals surface area contributed by atoms with Gasteiger partial charge in [0.15, 0.2) is 0 Å². The Balaban J connectivity index is 2.14. The first-order valence-electron chi connectivity index (χ1n) is 6.92. The van der Waals surface area contributed by atoms with Gasteiger partial charge >= 0.3 is 0 Å². The lowest BCUT2D eigenvalue weighted by atomic mass is 10.1. The Morgan fingerprint density at radius 1 is 1.17 bits per heavy atom. The molecule has 0 aliphatic carbocycles. The molecule has 0 fully saturated rings. The Kier molecular flexibility index (Phi) is 5.39. The van der Waals surface area contributed by atoms with E-state index in [0.29, 0.717) is 22.7 Å². The number of halogens is 1. The van der Waals surface area contributed by atoms with Crippen LogP contribution >= 0.6 is 0 Å². The Labute approximate surface area is 133 Å². The van der Waals surface area contributed by atoms with Gasteiger partial charge in [-0.15, -0.1) is 0 Å². The first-order chi connectivity index (χ1) is 11.1. The Bertz CT molecular complexity index is 706. The Hall–Kier alpha value is -2.78. The smallest absolute Gasteiger partial charge is 0.124 e. The number of rotatable bonds is 6. The van der Waals surface area contributed by atoms with E-state index in [1.54, 1.807) is 18.2 Å². The van der Waals surface area contributed by atoms with Gasteiger partial charge in [-0.05, 0) is 35.9 Å². The van der Waals surface area contributed by atoms with E-state index in [1.165, 1.54) is 26.4 Å². The number of hydrogen-bond donors (Lipinski definition) is 2. The lowest BCUT2D eigenvalue weighted by molar-refractivity contribution is 0.190. The number of nitrogens with zero attached hydrogens (tertiary/aromatic N) is 1. The van der Waals surface area contributed by atoms with Crippen molar-refractivity contribution in [3.8, 4) is 17.6 Å². The van der Waals surface area contributed by atoms with Gasteiger partial charge in [0.25, 0.3) is 0 Å². The number of nitrogens with one attached hydrogen (secondary N) is 1. The van der Waals surface area contributed by atoms with Crippen molar-refractivity contribution in [3.05, 3.63) is 53.3 Å². The molecule has 2 aromatic carbocycles. The maximum absolute atomic E-state index is 13.1. The summed E-state index contributed by atoms with van der Waals surface area (Å²) in [6, 6.07) is 10.9. The third-order valence-electron chi connectivity index (χ3n) is 3.35. The van der Waals surface area contributed by atoms with Crippen LogP contribution in [0.2, 0.25) is 0 Å². The topological polar surface area (TPSA) is 74.5 Å². The SMILES string of the molecule is COc1cc(OC)cc([C@H](O)CNc2ccc(F)cc2C#N)c1. The minimum atomic E-state index is -0.851. The summed E-state index contributed by atoms with van der Waals surface area (Å²) in [7, 11) is 3.06. The van der Waals surface area contributed by atoms with Crippen LogP contribution in [0, 0.1) is 17.1 Å². The predicted octanol–water partition coefficient (Wildman–Crippen LogP) is 2.86. The number of aliphatic hydroxyl groups excluding tert-OH is 1. The fourth-order valence-corrected chi connectivity index (χ4v) is 2.11. The lowest BCUT2D eigenvalue weighted by Crippen LogP contribution is -2.13. The van der Waals surface area contributed by atoms with Crippen LogP contribution in [0.1, 0.15) is 17.2 Å². The molecule has 1 atom stereocenters. The fourth-order valence-electron chi connectivity index (χ4n) is 2.11. The summed E-state index contributed by atoms with van der Waals surface area (Å²) in [4.78, 5) is 0. The van der Waals surface area contributed by atoms with Crippen LogP contribution in [0.25, 0.3) is 0 Å². The zero-order valence-electron chi connectivity index (χ0n) is 12.8.